The van der Waals surface area contributed by atoms with Gasteiger partial charge < -0.3 is 0 Å². The van der Waals surface area contributed by atoms with E-state index in [2.05, 4.69) is 130 Å². The van der Waals surface area contributed by atoms with Crippen LogP contribution in [-0.4, -0.2) is 33.1 Å². The number of rotatable bonds is 9. The molecule has 4 heteroatoms. The fourth-order valence-electron chi connectivity index (χ4n) is 4.16. The summed E-state index contributed by atoms with van der Waals surface area (Å²) in [5.74, 6) is 1.95. The van der Waals surface area contributed by atoms with Gasteiger partial charge in [0.1, 0.15) is 0 Å². The van der Waals surface area contributed by atoms with Crippen LogP contribution >= 0.6 is 0 Å². The maximum absolute atomic E-state index is 5.07. The third kappa shape index (κ3) is 7.12. The van der Waals surface area contributed by atoms with Crippen molar-refractivity contribution >= 4 is 44.5 Å². The second kappa shape index (κ2) is 12.5. The van der Waals surface area contributed by atoms with Crippen LogP contribution in [0.4, 0.5) is 11.4 Å². The predicted octanol–water partition coefficient (Wildman–Crippen LogP) is 8.39. The van der Waals surface area contributed by atoms with E-state index in [1.807, 2.05) is 0 Å². The zero-order valence-electron chi connectivity index (χ0n) is 22.2. The van der Waals surface area contributed by atoms with Crippen molar-refractivity contribution < 1.29 is 0 Å². The quantitative estimate of drug-likeness (QED) is 0.220. The van der Waals surface area contributed by atoms with Gasteiger partial charge in [0.2, 0.25) is 0 Å². The molecule has 0 aliphatic carbocycles. The van der Waals surface area contributed by atoms with Crippen LogP contribution in [0.5, 0.6) is 0 Å². The van der Waals surface area contributed by atoms with E-state index in [1.54, 1.807) is 0 Å². The fraction of sp³-hybridized carbons (Fsp3) is 0.483. The Morgan fingerprint density at radius 2 is 1.36 bits per heavy atom. The molecule has 2 aromatic rings. The number of para-hydroxylation sites is 1. The van der Waals surface area contributed by atoms with Crippen molar-refractivity contribution in [2.45, 2.75) is 92.9 Å². The Bertz CT molecular complexity index is 1010. The average molecular weight is 565 g/mol. The van der Waals surface area contributed by atoms with Gasteiger partial charge in [0.05, 0.1) is 0 Å². The third-order valence-corrected chi connectivity index (χ3v) is 9.88. The molecule has 2 rings (SSSR count). The molecule has 0 unspecified atom stereocenters. The maximum atomic E-state index is 5.07. The molecular weight excluding hydrogens is 524 g/mol. The Kier molecular flexibility index (Phi) is 10.6. The molecule has 0 saturated carbocycles. The first-order valence-corrected chi connectivity index (χ1v) is 18.9. The number of hydrogen-bond donors (Lipinski definition) is 0. The van der Waals surface area contributed by atoms with Crippen molar-refractivity contribution in [2.75, 3.05) is 3.86 Å². The van der Waals surface area contributed by atoms with Gasteiger partial charge >= 0.3 is 217 Å². The van der Waals surface area contributed by atoms with Crippen molar-refractivity contribution in [1.29, 1.82) is 0 Å². The number of hydrogen-bond acceptors (Lipinski definition) is 2. The summed E-state index contributed by atoms with van der Waals surface area (Å²) in [6.07, 6.45) is 2.26. The van der Waals surface area contributed by atoms with Crippen LogP contribution < -0.4 is 3.86 Å². The molecule has 0 aliphatic rings. The molecule has 0 aliphatic heterocycles. The molecule has 2 radical (unpaired) electrons. The van der Waals surface area contributed by atoms with Crippen molar-refractivity contribution in [2.24, 2.45) is 4.99 Å². The van der Waals surface area contributed by atoms with Crippen LogP contribution in [0.1, 0.15) is 115 Å². The van der Waals surface area contributed by atoms with Gasteiger partial charge in [0, 0.05) is 0 Å². The van der Waals surface area contributed by atoms with Gasteiger partial charge in [-0.05, 0) is 0 Å². The molecule has 0 saturated heterocycles. The molecule has 0 aromatic heterocycles. The number of aliphatic imine (C=N–C) groups is 1. The van der Waals surface area contributed by atoms with Gasteiger partial charge in [-0.1, -0.05) is 0 Å². The molecule has 2 aromatic carbocycles. The first-order chi connectivity index (χ1) is 15.5. The van der Waals surface area contributed by atoms with Crippen molar-refractivity contribution in [3.05, 3.63) is 70.4 Å². The summed E-state index contributed by atoms with van der Waals surface area (Å²) in [4.78, 5) is 5.07. The van der Waals surface area contributed by atoms with Crippen LogP contribution in [0.15, 0.2) is 53.2 Å². The van der Waals surface area contributed by atoms with Crippen molar-refractivity contribution in [3.8, 4) is 0 Å². The van der Waals surface area contributed by atoms with E-state index in [0.29, 0.717) is 23.7 Å². The minimum absolute atomic E-state index is 0.386. The third-order valence-electron chi connectivity index (χ3n) is 6.07. The standard InChI is InChI=1S/C29H41AsGeN2/c1-18(2)24-14-15-28(27(17-24)21(7)8)32-22(9)16-23(10)33(31-30)29-25(19(3)4)12-11-13-26(29)20(5)6/h11-21H,1-10H3/b23-16-,32-22?. The van der Waals surface area contributed by atoms with Gasteiger partial charge in [-0.2, -0.15) is 0 Å². The van der Waals surface area contributed by atoms with Crippen LogP contribution in [0, 0.1) is 0 Å². The SMILES string of the molecule is CC(/C=C(/C)[N]([Ge]=[As])c1c(C(C)C)cccc1C(C)C)=Nc1ccc(C(C)C)cc1C(C)C. The Hall–Kier alpha value is -1.25. The zero-order valence-corrected chi connectivity index (χ0v) is 26.2. The van der Waals surface area contributed by atoms with Crippen molar-refractivity contribution in [1.82, 2.24) is 0 Å². The van der Waals surface area contributed by atoms with Crippen LogP contribution in [0.3, 0.4) is 0 Å². The molecule has 0 heterocycles. The van der Waals surface area contributed by atoms with E-state index in [1.165, 1.54) is 33.6 Å². The van der Waals surface area contributed by atoms with Crippen LogP contribution in [0.25, 0.3) is 0 Å². The number of allylic oxidation sites excluding steroid dienone is 2. The monoisotopic (exact) mass is 566 g/mol. The number of anilines is 1. The van der Waals surface area contributed by atoms with E-state index in [-0.39, 0.29) is 13.1 Å². The Morgan fingerprint density at radius 1 is 0.818 bits per heavy atom. The average Bonchev–Trinajstić information content (AvgIpc) is 2.73. The van der Waals surface area contributed by atoms with E-state index < -0.39 is 0 Å². The Labute approximate surface area is 215 Å². The number of nitrogens with zero attached hydrogens (tertiary/aromatic N) is 2. The first-order valence-electron chi connectivity index (χ1n) is 12.2. The summed E-state index contributed by atoms with van der Waals surface area (Å²) in [7, 11) is 0. The second-order valence-corrected chi connectivity index (χ2v) is 13.7. The van der Waals surface area contributed by atoms with Gasteiger partial charge in [-0.25, -0.2) is 0 Å². The van der Waals surface area contributed by atoms with Gasteiger partial charge in [-0.3, -0.25) is 0 Å². The molecule has 0 atom stereocenters. The molecule has 0 bridgehead atoms. The fourth-order valence-corrected chi connectivity index (χ4v) is 8.19. The molecule has 0 spiro atoms. The summed E-state index contributed by atoms with van der Waals surface area (Å²) < 4.78 is 2.56. The van der Waals surface area contributed by atoms with Gasteiger partial charge in [-0.15, -0.1) is 0 Å². The molecule has 2 nitrogen and oxygen atoms in total. The normalized spacial score (nSPS) is 12.9. The van der Waals surface area contributed by atoms with Gasteiger partial charge in [0.15, 0.2) is 0 Å². The number of benzene rings is 2. The Balaban J connectivity index is 2.54. The molecule has 0 N–H and O–H groups in total. The van der Waals surface area contributed by atoms with E-state index in [4.69, 9.17) is 4.99 Å². The van der Waals surface area contributed by atoms with Crippen LogP contribution in [0.2, 0.25) is 0 Å². The van der Waals surface area contributed by atoms with E-state index >= 15 is 0 Å². The zero-order chi connectivity index (χ0) is 24.9. The summed E-state index contributed by atoms with van der Waals surface area (Å²) in [5.41, 5.74) is 10.4. The topological polar surface area (TPSA) is 15.6 Å². The van der Waals surface area contributed by atoms with Crippen LogP contribution in [-0.2, 0) is 0 Å². The predicted molar refractivity (Wildman–Crippen MR) is 150 cm³/mol. The summed E-state index contributed by atoms with van der Waals surface area (Å²) >= 11 is 2.49. The molecule has 33 heavy (non-hydrogen) atoms. The summed E-state index contributed by atoms with van der Waals surface area (Å²) in [5, 5.41) is 0. The molecule has 176 valence electrons. The second-order valence-electron chi connectivity index (χ2n) is 10.2. The van der Waals surface area contributed by atoms with Crippen molar-refractivity contribution in [3.63, 3.8) is 0 Å². The Morgan fingerprint density at radius 3 is 1.82 bits per heavy atom. The van der Waals surface area contributed by atoms with Gasteiger partial charge in [0.25, 0.3) is 0 Å². The molecule has 0 fully saturated rings. The molecular formula is C29H41AsGeN2. The van der Waals surface area contributed by atoms with E-state index in [0.717, 1.165) is 11.4 Å². The summed E-state index contributed by atoms with van der Waals surface area (Å²) in [6, 6.07) is 13.6. The minimum atomic E-state index is -0.386. The molecule has 0 amide bonds. The first kappa shape index (κ1) is 28.0. The van der Waals surface area contributed by atoms with E-state index in [9.17, 15) is 0 Å². The summed E-state index contributed by atoms with van der Waals surface area (Å²) in [6.45, 7) is 22.6.